The molecule has 0 rings (SSSR count). The van der Waals surface area contributed by atoms with Gasteiger partial charge < -0.3 is 20.0 Å². The first-order valence-electron chi connectivity index (χ1n) is 5.06. The van der Waals surface area contributed by atoms with Gasteiger partial charge in [0.05, 0.1) is 0 Å². The summed E-state index contributed by atoms with van der Waals surface area (Å²) in [7, 11) is 0. The molecule has 2 N–H and O–H groups in total. The monoisotopic (exact) mass is 264 g/mol. The van der Waals surface area contributed by atoms with Crippen LogP contribution < -0.4 is 5.32 Å². The second-order valence-corrected chi connectivity index (χ2v) is 4.50. The van der Waals surface area contributed by atoms with Crippen molar-refractivity contribution in [3.8, 4) is 0 Å². The van der Waals surface area contributed by atoms with E-state index >= 15 is 0 Å². The average Bonchev–Trinajstić information content (AvgIpc) is 2.09. The molecule has 9 heteroatoms. The lowest BCUT2D eigenvalue weighted by Crippen LogP contribution is -2.50. The van der Waals surface area contributed by atoms with Crippen LogP contribution in [0.1, 0.15) is 27.7 Å². The quantitative estimate of drug-likeness (QED) is 0.548. The number of carboxylic acid groups (broad SMARTS) is 1. The molecule has 0 unspecified atom stereocenters. The molecule has 0 aliphatic heterocycles. The molecule has 18 heavy (non-hydrogen) atoms. The highest BCUT2D eigenvalue weighted by molar-refractivity contribution is 5.80. The van der Waals surface area contributed by atoms with Gasteiger partial charge in [-0.3, -0.25) is 0 Å². The maximum atomic E-state index is 11.3. The molecule has 0 aromatic rings. The van der Waals surface area contributed by atoms with Crippen molar-refractivity contribution in [1.82, 2.24) is 5.32 Å². The molecule has 9 nitrogen and oxygen atoms in total. The highest BCUT2D eigenvalue weighted by atomic mass is 17.0. The Labute approximate surface area is 103 Å². The standard InChI is InChI=1S/C9H16N2O7/c1-5(18-11(15)16)6(7(12)13)10-8(14)17-9(2,3)4/h5-6H,1-4H3,(H,10,14)(H,12,13)/t5-,6+/m1/s1. The van der Waals surface area contributed by atoms with Gasteiger partial charge in [-0.15, -0.1) is 10.1 Å². The van der Waals surface area contributed by atoms with E-state index in [9.17, 15) is 19.7 Å². The van der Waals surface area contributed by atoms with E-state index in [4.69, 9.17) is 9.84 Å². The molecular formula is C9H16N2O7. The van der Waals surface area contributed by atoms with Gasteiger partial charge in [0.25, 0.3) is 5.09 Å². The zero-order valence-corrected chi connectivity index (χ0v) is 10.5. The van der Waals surface area contributed by atoms with E-state index in [2.05, 4.69) is 4.84 Å². The Kier molecular flexibility index (Phi) is 5.34. The van der Waals surface area contributed by atoms with Crippen LogP contribution in [0.25, 0.3) is 0 Å². The Balaban J connectivity index is 4.59. The van der Waals surface area contributed by atoms with Crippen molar-refractivity contribution in [2.75, 3.05) is 0 Å². The topological polar surface area (TPSA) is 128 Å². The molecule has 0 bridgehead atoms. The summed E-state index contributed by atoms with van der Waals surface area (Å²) in [6.07, 6.45) is -2.33. The van der Waals surface area contributed by atoms with Gasteiger partial charge in [0.2, 0.25) is 0 Å². The first kappa shape index (κ1) is 15.9. The largest absolute Gasteiger partial charge is 0.480 e. The van der Waals surface area contributed by atoms with Crippen molar-refractivity contribution < 1.29 is 29.4 Å². The number of nitrogens with zero attached hydrogens (tertiary/aromatic N) is 1. The molecule has 0 saturated carbocycles. The summed E-state index contributed by atoms with van der Waals surface area (Å²) >= 11 is 0. The smallest absolute Gasteiger partial charge is 0.408 e. The van der Waals surface area contributed by atoms with Crippen LogP contribution in [0.15, 0.2) is 0 Å². The van der Waals surface area contributed by atoms with Gasteiger partial charge in [-0.2, -0.15) is 0 Å². The van der Waals surface area contributed by atoms with Crippen molar-refractivity contribution >= 4 is 12.1 Å². The number of aliphatic carboxylic acids is 1. The van der Waals surface area contributed by atoms with Gasteiger partial charge >= 0.3 is 12.1 Å². The molecule has 0 radical (unpaired) electrons. The zero-order chi connectivity index (χ0) is 14.5. The van der Waals surface area contributed by atoms with Crippen molar-refractivity contribution in [1.29, 1.82) is 0 Å². The minimum absolute atomic E-state index is 0.805. The van der Waals surface area contributed by atoms with Crippen molar-refractivity contribution in [3.63, 3.8) is 0 Å². The average molecular weight is 264 g/mol. The molecule has 0 aromatic carbocycles. The van der Waals surface area contributed by atoms with Crippen LogP contribution in [0.5, 0.6) is 0 Å². The summed E-state index contributed by atoms with van der Waals surface area (Å²) in [5, 5.41) is 19.8. The number of ether oxygens (including phenoxy) is 1. The third-order valence-corrected chi connectivity index (χ3v) is 1.66. The fraction of sp³-hybridized carbons (Fsp3) is 0.778. The van der Waals surface area contributed by atoms with Gasteiger partial charge in [-0.05, 0) is 27.7 Å². The lowest BCUT2D eigenvalue weighted by atomic mass is 10.2. The minimum atomic E-state index is -1.58. The summed E-state index contributed by atoms with van der Waals surface area (Å²) in [4.78, 5) is 36.4. The molecule has 0 aromatic heterocycles. The van der Waals surface area contributed by atoms with Crippen LogP contribution in [0.4, 0.5) is 4.79 Å². The summed E-state index contributed by atoms with van der Waals surface area (Å²) < 4.78 is 4.83. The highest BCUT2D eigenvalue weighted by Crippen LogP contribution is 2.08. The molecule has 1 amide bonds. The number of hydrogen-bond donors (Lipinski definition) is 2. The zero-order valence-electron chi connectivity index (χ0n) is 10.5. The summed E-state index contributed by atoms with van der Waals surface area (Å²) in [6.45, 7) is 5.94. The first-order valence-corrected chi connectivity index (χ1v) is 5.06. The molecule has 0 spiro atoms. The molecule has 2 atom stereocenters. The van der Waals surface area contributed by atoms with Gasteiger partial charge in [0, 0.05) is 0 Å². The molecule has 0 saturated heterocycles. The molecule has 104 valence electrons. The number of amides is 1. The highest BCUT2D eigenvalue weighted by Gasteiger charge is 2.31. The van der Waals surface area contributed by atoms with Crippen LogP contribution in [0.3, 0.4) is 0 Å². The van der Waals surface area contributed by atoms with E-state index in [1.54, 1.807) is 20.8 Å². The summed E-state index contributed by atoms with van der Waals surface area (Å²) in [5.41, 5.74) is -0.805. The van der Waals surface area contributed by atoms with Gasteiger partial charge in [0.15, 0.2) is 6.04 Å². The van der Waals surface area contributed by atoms with Gasteiger partial charge in [0.1, 0.15) is 11.7 Å². The number of alkyl carbamates (subject to hydrolysis) is 1. The van der Waals surface area contributed by atoms with E-state index in [0.29, 0.717) is 0 Å². The number of carbonyl (C=O) groups excluding carboxylic acids is 1. The van der Waals surface area contributed by atoms with E-state index < -0.39 is 34.9 Å². The molecule has 0 heterocycles. The van der Waals surface area contributed by atoms with E-state index in [1.807, 2.05) is 5.32 Å². The lowest BCUT2D eigenvalue weighted by molar-refractivity contribution is -0.767. The van der Waals surface area contributed by atoms with Crippen LogP contribution in [-0.2, 0) is 14.4 Å². The Morgan fingerprint density at radius 2 is 1.89 bits per heavy atom. The fourth-order valence-electron chi connectivity index (χ4n) is 1.01. The van der Waals surface area contributed by atoms with E-state index in [1.165, 1.54) is 0 Å². The number of hydrogen-bond acceptors (Lipinski definition) is 6. The molecule has 0 aliphatic carbocycles. The maximum absolute atomic E-state index is 11.3. The van der Waals surface area contributed by atoms with Gasteiger partial charge in [-0.25, -0.2) is 9.59 Å². The Morgan fingerprint density at radius 1 is 1.39 bits per heavy atom. The second kappa shape index (κ2) is 6.03. The predicted octanol–water partition coefficient (Wildman–Crippen LogP) is 0.561. The van der Waals surface area contributed by atoms with Crippen LogP contribution in [0, 0.1) is 10.1 Å². The molecule has 0 aliphatic rings. The minimum Gasteiger partial charge on any atom is -0.480 e. The molecular weight excluding hydrogens is 248 g/mol. The van der Waals surface area contributed by atoms with Crippen molar-refractivity contribution in [2.45, 2.75) is 45.4 Å². The van der Waals surface area contributed by atoms with E-state index in [0.717, 1.165) is 6.92 Å². The number of rotatable bonds is 5. The molecule has 0 fully saturated rings. The van der Waals surface area contributed by atoms with Crippen molar-refractivity contribution in [2.24, 2.45) is 0 Å². The Bertz CT molecular complexity index is 336. The fourth-order valence-corrected chi connectivity index (χ4v) is 1.01. The van der Waals surface area contributed by atoms with Crippen LogP contribution in [-0.4, -0.2) is 40.0 Å². The Morgan fingerprint density at radius 3 is 2.22 bits per heavy atom. The summed E-state index contributed by atoms with van der Waals surface area (Å²) in [5.74, 6) is -1.46. The third-order valence-electron chi connectivity index (χ3n) is 1.66. The van der Waals surface area contributed by atoms with Crippen LogP contribution in [0.2, 0.25) is 0 Å². The van der Waals surface area contributed by atoms with Crippen molar-refractivity contribution in [3.05, 3.63) is 10.1 Å². The number of nitrogens with one attached hydrogen (secondary N) is 1. The predicted molar refractivity (Wildman–Crippen MR) is 58.3 cm³/mol. The first-order chi connectivity index (χ1) is 8.03. The number of carbonyl (C=O) groups is 2. The van der Waals surface area contributed by atoms with Gasteiger partial charge in [-0.1, -0.05) is 0 Å². The van der Waals surface area contributed by atoms with E-state index in [-0.39, 0.29) is 0 Å². The lowest BCUT2D eigenvalue weighted by Gasteiger charge is -2.23. The Hall–Kier alpha value is -2.06. The normalized spacial score (nSPS) is 14.2. The second-order valence-electron chi connectivity index (χ2n) is 4.50. The number of carboxylic acids is 1. The summed E-state index contributed by atoms with van der Waals surface area (Å²) in [6, 6.07) is -1.58. The van der Waals surface area contributed by atoms with Crippen LogP contribution >= 0.6 is 0 Å². The SMILES string of the molecule is C[C@@H](O[N+](=O)[O-])[C@H](NC(=O)OC(C)(C)C)C(=O)O. The third kappa shape index (κ3) is 6.51. The maximum Gasteiger partial charge on any atom is 0.408 e.